The first-order chi connectivity index (χ1) is 26.5. The van der Waals surface area contributed by atoms with Gasteiger partial charge in [-0.05, 0) is 101 Å². The van der Waals surface area contributed by atoms with Gasteiger partial charge in [-0.25, -0.2) is 0 Å². The molecule has 11 aromatic rings. The molecule has 12 rings (SSSR count). The molecule has 254 valence electrons. The normalized spacial score (nSPS) is 13.5. The van der Waals surface area contributed by atoms with E-state index in [0.29, 0.717) is 0 Å². The maximum Gasteiger partial charge on any atom is 0.0746 e. The molecule has 1 aliphatic rings. The average molecular weight is 708 g/mol. The third-order valence-electron chi connectivity index (χ3n) is 12.0. The Hall–Kier alpha value is -6.49. The number of para-hydroxylation sites is 2. The Balaban J connectivity index is 1.02. The van der Waals surface area contributed by atoms with Crippen LogP contribution in [0.25, 0.3) is 97.5 Å². The summed E-state index contributed by atoms with van der Waals surface area (Å²) in [6.07, 6.45) is 1.92. The highest BCUT2D eigenvalue weighted by atomic mass is 32.1. The fraction of sp³-hybridized carbons (Fsp3) is 0.0600. The minimum absolute atomic E-state index is 0.0763. The Morgan fingerprint density at radius 1 is 0.444 bits per heavy atom. The van der Waals surface area contributed by atoms with Crippen LogP contribution in [0.2, 0.25) is 0 Å². The SMILES string of the molecule is CC1(C)c2ccc(-n3c4ccccc4c4cc(-c5ccc6c(c5)c5ccccc5n6-c5ccc6sc7ccccc7c6c5)ccc43)cc2-c2ncccc21. The Morgan fingerprint density at radius 3 is 1.72 bits per heavy atom. The molecule has 0 saturated heterocycles. The van der Waals surface area contributed by atoms with Crippen molar-refractivity contribution in [2.24, 2.45) is 0 Å². The summed E-state index contributed by atoms with van der Waals surface area (Å²) in [5.74, 6) is 0. The number of nitrogens with zero attached hydrogens (tertiary/aromatic N) is 3. The maximum atomic E-state index is 4.86. The van der Waals surface area contributed by atoms with E-state index >= 15 is 0 Å². The van der Waals surface area contributed by atoms with Crippen LogP contribution in [-0.4, -0.2) is 14.1 Å². The molecule has 0 unspecified atom stereocenters. The zero-order valence-corrected chi connectivity index (χ0v) is 30.7. The summed E-state index contributed by atoms with van der Waals surface area (Å²) in [4.78, 5) is 4.86. The van der Waals surface area contributed by atoms with Crippen molar-refractivity contribution in [3.05, 3.63) is 175 Å². The Kier molecular flexibility index (Phi) is 6.00. The minimum atomic E-state index is -0.0763. The van der Waals surface area contributed by atoms with E-state index in [4.69, 9.17) is 4.98 Å². The minimum Gasteiger partial charge on any atom is -0.309 e. The van der Waals surface area contributed by atoms with Crippen LogP contribution in [-0.2, 0) is 5.41 Å². The molecule has 7 aromatic carbocycles. The van der Waals surface area contributed by atoms with Crippen molar-refractivity contribution >= 4 is 75.1 Å². The van der Waals surface area contributed by atoms with E-state index in [1.54, 1.807) is 0 Å². The van der Waals surface area contributed by atoms with Gasteiger partial charge in [0.2, 0.25) is 0 Å². The van der Waals surface area contributed by atoms with Gasteiger partial charge in [-0.3, -0.25) is 4.98 Å². The van der Waals surface area contributed by atoms with E-state index in [2.05, 4.69) is 181 Å². The standard InChI is InChI=1S/C50H33N3S/c1-50(2)41-21-19-32(29-40(41)49-42(50)13-9-25-51-49)52-43-14-6-3-10-34(43)37-26-30(17-22-45(37)52)31-18-23-46-38(27-31)35-11-4-7-15-44(35)53(46)33-20-24-48-39(28-33)36-12-5-8-16-47(36)54-48/h3-29H,1-2H3. The van der Waals surface area contributed by atoms with E-state index in [1.807, 2.05) is 17.5 Å². The lowest BCUT2D eigenvalue weighted by Gasteiger charge is -2.21. The fourth-order valence-electron chi connectivity index (χ4n) is 9.40. The molecule has 1 aliphatic carbocycles. The van der Waals surface area contributed by atoms with Gasteiger partial charge in [-0.15, -0.1) is 11.3 Å². The lowest BCUT2D eigenvalue weighted by atomic mass is 9.83. The highest BCUT2D eigenvalue weighted by Gasteiger charge is 2.36. The quantitative estimate of drug-likeness (QED) is 0.179. The number of thiophene rings is 1. The Labute approximate surface area is 316 Å². The second-order valence-electron chi connectivity index (χ2n) is 15.2. The molecular weight excluding hydrogens is 675 g/mol. The van der Waals surface area contributed by atoms with Crippen LogP contribution >= 0.6 is 11.3 Å². The summed E-state index contributed by atoms with van der Waals surface area (Å²) in [7, 11) is 0. The number of fused-ring (bicyclic) bond motifs is 12. The summed E-state index contributed by atoms with van der Waals surface area (Å²) in [5, 5.41) is 7.66. The van der Waals surface area contributed by atoms with E-state index in [0.717, 1.165) is 11.4 Å². The Morgan fingerprint density at radius 2 is 1.02 bits per heavy atom. The predicted octanol–water partition coefficient (Wildman–Crippen LogP) is 13.6. The van der Waals surface area contributed by atoms with Gasteiger partial charge in [-0.2, -0.15) is 0 Å². The summed E-state index contributed by atoms with van der Waals surface area (Å²) >= 11 is 1.86. The molecule has 0 radical (unpaired) electrons. The maximum absolute atomic E-state index is 4.86. The molecule has 0 atom stereocenters. The van der Waals surface area contributed by atoms with Crippen LogP contribution in [0, 0.1) is 0 Å². The molecule has 0 amide bonds. The topological polar surface area (TPSA) is 22.8 Å². The first kappa shape index (κ1) is 30.0. The largest absolute Gasteiger partial charge is 0.309 e. The van der Waals surface area contributed by atoms with Gasteiger partial charge in [0.1, 0.15) is 0 Å². The van der Waals surface area contributed by atoms with Gasteiger partial charge in [0.15, 0.2) is 0 Å². The zero-order valence-electron chi connectivity index (χ0n) is 29.8. The van der Waals surface area contributed by atoms with E-state index < -0.39 is 0 Å². The van der Waals surface area contributed by atoms with Crippen LogP contribution in [0.4, 0.5) is 0 Å². The van der Waals surface area contributed by atoms with Crippen LogP contribution < -0.4 is 0 Å². The molecule has 4 aromatic heterocycles. The summed E-state index contributed by atoms with van der Waals surface area (Å²) < 4.78 is 7.51. The first-order valence-corrected chi connectivity index (χ1v) is 19.4. The molecular formula is C50H33N3S. The number of aromatic nitrogens is 3. The highest BCUT2D eigenvalue weighted by molar-refractivity contribution is 7.25. The van der Waals surface area contributed by atoms with Gasteiger partial charge in [-0.1, -0.05) is 92.7 Å². The third-order valence-corrected chi connectivity index (χ3v) is 13.1. The molecule has 4 heterocycles. The van der Waals surface area contributed by atoms with Crippen molar-refractivity contribution in [1.82, 2.24) is 14.1 Å². The lowest BCUT2D eigenvalue weighted by Crippen LogP contribution is -2.15. The molecule has 0 saturated carbocycles. The second kappa shape index (κ2) is 10.8. The smallest absolute Gasteiger partial charge is 0.0746 e. The van der Waals surface area contributed by atoms with Crippen molar-refractivity contribution in [2.75, 3.05) is 0 Å². The molecule has 0 spiro atoms. The number of benzene rings is 7. The number of hydrogen-bond acceptors (Lipinski definition) is 2. The monoisotopic (exact) mass is 707 g/mol. The van der Waals surface area contributed by atoms with Gasteiger partial charge < -0.3 is 9.13 Å². The van der Waals surface area contributed by atoms with Crippen molar-refractivity contribution in [2.45, 2.75) is 19.3 Å². The Bertz CT molecular complexity index is 3370. The van der Waals surface area contributed by atoms with Crippen LogP contribution in [0.3, 0.4) is 0 Å². The molecule has 54 heavy (non-hydrogen) atoms. The second-order valence-corrected chi connectivity index (χ2v) is 16.3. The molecule has 3 nitrogen and oxygen atoms in total. The highest BCUT2D eigenvalue weighted by Crippen LogP contribution is 2.49. The molecule has 0 N–H and O–H groups in total. The van der Waals surface area contributed by atoms with Crippen molar-refractivity contribution in [1.29, 1.82) is 0 Å². The van der Waals surface area contributed by atoms with Gasteiger partial charge in [0.05, 0.1) is 27.8 Å². The first-order valence-electron chi connectivity index (χ1n) is 18.6. The molecule has 0 fully saturated rings. The van der Waals surface area contributed by atoms with Crippen LogP contribution in [0.5, 0.6) is 0 Å². The zero-order chi connectivity index (χ0) is 35.7. The summed E-state index contributed by atoms with van der Waals surface area (Å²) in [5.41, 5.74) is 14.5. The van der Waals surface area contributed by atoms with Gasteiger partial charge in [0.25, 0.3) is 0 Å². The van der Waals surface area contributed by atoms with Gasteiger partial charge in [0, 0.05) is 70.3 Å². The lowest BCUT2D eigenvalue weighted by molar-refractivity contribution is 0.659. The molecule has 4 heteroatoms. The van der Waals surface area contributed by atoms with Crippen LogP contribution in [0.15, 0.2) is 164 Å². The molecule has 0 bridgehead atoms. The van der Waals surface area contributed by atoms with Crippen molar-refractivity contribution in [3.63, 3.8) is 0 Å². The van der Waals surface area contributed by atoms with E-state index in [9.17, 15) is 0 Å². The van der Waals surface area contributed by atoms with Gasteiger partial charge >= 0.3 is 0 Å². The summed E-state index contributed by atoms with van der Waals surface area (Å²) in [6, 6.07) is 58.5. The van der Waals surface area contributed by atoms with Crippen LogP contribution in [0.1, 0.15) is 25.0 Å². The number of rotatable bonds is 3. The number of pyridine rings is 1. The molecule has 0 aliphatic heterocycles. The summed E-state index contributed by atoms with van der Waals surface area (Å²) in [6.45, 7) is 4.61. The predicted molar refractivity (Wildman–Crippen MR) is 229 cm³/mol. The third kappa shape index (κ3) is 4.03. The van der Waals surface area contributed by atoms with Crippen molar-refractivity contribution in [3.8, 4) is 33.8 Å². The number of hydrogen-bond donors (Lipinski definition) is 0. The fourth-order valence-corrected chi connectivity index (χ4v) is 10.5. The van der Waals surface area contributed by atoms with E-state index in [1.165, 1.54) is 97.3 Å². The average Bonchev–Trinajstić information content (AvgIpc) is 3.92. The van der Waals surface area contributed by atoms with E-state index in [-0.39, 0.29) is 5.41 Å². The van der Waals surface area contributed by atoms with Crippen molar-refractivity contribution < 1.29 is 0 Å².